The quantitative estimate of drug-likeness (QED) is 0.312. The maximum Gasteiger partial charge on any atom is 0.251 e. The summed E-state index contributed by atoms with van der Waals surface area (Å²) in [5, 5.41) is 25.5. The molecular formula is C30H31FN6O4. The highest BCUT2D eigenvalue weighted by atomic mass is 19.1. The second-order valence-electron chi connectivity index (χ2n) is 9.93. The molecule has 5 rings (SSSR count). The maximum absolute atomic E-state index is 14.3. The van der Waals surface area contributed by atoms with Gasteiger partial charge in [0.25, 0.3) is 5.91 Å². The van der Waals surface area contributed by atoms with Crippen molar-refractivity contribution in [2.75, 3.05) is 12.0 Å². The Hall–Kier alpha value is -4.80. The number of phenols is 1. The van der Waals surface area contributed by atoms with Crippen LogP contribution >= 0.6 is 0 Å². The van der Waals surface area contributed by atoms with Gasteiger partial charge >= 0.3 is 0 Å². The van der Waals surface area contributed by atoms with E-state index in [0.717, 1.165) is 36.9 Å². The first-order valence-electron chi connectivity index (χ1n) is 13.5. The van der Waals surface area contributed by atoms with E-state index in [1.807, 2.05) is 0 Å². The van der Waals surface area contributed by atoms with Crippen molar-refractivity contribution in [3.63, 3.8) is 0 Å². The standard InChI is InChI=1S/C30H31FN6O4/c1-41-24-16-14-20(15-17-24)28(30(40)32-21-8-3-2-4-9-21)37(22-10-7-11-23(38)18-22)27(39)19-36-34-29(33-35-36)25-12-5-6-13-26(25)31/h5-7,10-18,21,28,38H,2-4,8-9,19H2,1H3,(H,32,40)/t28-/m1/s1. The largest absolute Gasteiger partial charge is 0.508 e. The van der Waals surface area contributed by atoms with Gasteiger partial charge in [-0.2, -0.15) is 4.80 Å². The SMILES string of the molecule is COc1ccc([C@H](C(=O)NC2CCCCC2)N(C(=O)Cn2nnc(-c3ccccc3F)n2)c2cccc(O)c2)cc1. The number of nitrogens with one attached hydrogen (secondary N) is 1. The molecule has 11 heteroatoms. The molecule has 1 atom stereocenters. The summed E-state index contributed by atoms with van der Waals surface area (Å²) >= 11 is 0. The van der Waals surface area contributed by atoms with E-state index >= 15 is 0 Å². The van der Waals surface area contributed by atoms with Crippen molar-refractivity contribution in [3.05, 3.63) is 84.2 Å². The molecule has 0 unspecified atom stereocenters. The minimum Gasteiger partial charge on any atom is -0.508 e. The summed E-state index contributed by atoms with van der Waals surface area (Å²) in [5.41, 5.74) is 1.01. The predicted octanol–water partition coefficient (Wildman–Crippen LogP) is 4.42. The fourth-order valence-electron chi connectivity index (χ4n) is 5.07. The first kappa shape index (κ1) is 27.8. The molecule has 4 aromatic rings. The highest BCUT2D eigenvalue weighted by Crippen LogP contribution is 2.32. The van der Waals surface area contributed by atoms with Crippen LogP contribution in [0, 0.1) is 5.82 Å². The number of methoxy groups -OCH3 is 1. The number of benzene rings is 3. The van der Waals surface area contributed by atoms with Crippen molar-refractivity contribution in [1.29, 1.82) is 0 Å². The van der Waals surface area contributed by atoms with Crippen LogP contribution in [0.25, 0.3) is 11.4 Å². The molecule has 1 aliphatic rings. The number of hydrogen-bond donors (Lipinski definition) is 2. The molecule has 212 valence electrons. The van der Waals surface area contributed by atoms with E-state index in [4.69, 9.17) is 4.74 Å². The van der Waals surface area contributed by atoms with Gasteiger partial charge in [0.15, 0.2) is 0 Å². The van der Waals surface area contributed by atoms with E-state index in [1.54, 1.807) is 55.6 Å². The van der Waals surface area contributed by atoms with E-state index < -0.39 is 17.8 Å². The van der Waals surface area contributed by atoms with Crippen LogP contribution in [0.1, 0.15) is 43.7 Å². The van der Waals surface area contributed by atoms with Gasteiger partial charge in [-0.1, -0.05) is 49.6 Å². The molecule has 0 aliphatic heterocycles. The summed E-state index contributed by atoms with van der Waals surface area (Å²) in [5.74, 6) is -0.838. The molecule has 1 saturated carbocycles. The number of aromatic nitrogens is 4. The first-order valence-corrected chi connectivity index (χ1v) is 13.5. The van der Waals surface area contributed by atoms with Gasteiger partial charge in [-0.15, -0.1) is 10.2 Å². The van der Waals surface area contributed by atoms with Crippen molar-refractivity contribution >= 4 is 17.5 Å². The summed E-state index contributed by atoms with van der Waals surface area (Å²) in [6.45, 7) is -0.388. The van der Waals surface area contributed by atoms with Crippen LogP contribution in [0.15, 0.2) is 72.8 Å². The Bertz CT molecular complexity index is 1500. The minimum atomic E-state index is -1.08. The molecular weight excluding hydrogens is 527 g/mol. The van der Waals surface area contributed by atoms with Crippen LogP contribution < -0.4 is 15.0 Å². The number of hydrogen-bond acceptors (Lipinski definition) is 7. The third kappa shape index (κ3) is 6.51. The molecule has 2 amide bonds. The lowest BCUT2D eigenvalue weighted by Gasteiger charge is -2.33. The van der Waals surface area contributed by atoms with Gasteiger partial charge in [-0.05, 0) is 60.0 Å². The molecule has 1 aliphatic carbocycles. The summed E-state index contributed by atoms with van der Waals surface area (Å²) < 4.78 is 19.6. The topological polar surface area (TPSA) is 122 Å². The Morgan fingerprint density at radius 2 is 1.83 bits per heavy atom. The number of nitrogens with zero attached hydrogens (tertiary/aromatic N) is 5. The monoisotopic (exact) mass is 558 g/mol. The Kier molecular flexibility index (Phi) is 8.52. The van der Waals surface area contributed by atoms with Crippen molar-refractivity contribution < 1.29 is 23.8 Å². The highest BCUT2D eigenvalue weighted by molar-refractivity contribution is 6.01. The predicted molar refractivity (Wildman–Crippen MR) is 150 cm³/mol. The Balaban J connectivity index is 1.51. The fourth-order valence-corrected chi connectivity index (χ4v) is 5.07. The number of aromatic hydroxyl groups is 1. The number of rotatable bonds is 9. The molecule has 41 heavy (non-hydrogen) atoms. The van der Waals surface area contributed by atoms with Gasteiger partial charge in [0, 0.05) is 17.8 Å². The van der Waals surface area contributed by atoms with Gasteiger partial charge < -0.3 is 15.2 Å². The number of phenolic OH excluding ortho intramolecular Hbond substituents is 1. The lowest BCUT2D eigenvalue weighted by atomic mass is 9.94. The second kappa shape index (κ2) is 12.6. The molecule has 0 saturated heterocycles. The molecule has 3 aromatic carbocycles. The molecule has 2 N–H and O–H groups in total. The fraction of sp³-hybridized carbons (Fsp3) is 0.300. The van der Waals surface area contributed by atoms with Crippen LogP contribution in [-0.2, 0) is 16.1 Å². The van der Waals surface area contributed by atoms with Crippen molar-refractivity contribution in [2.24, 2.45) is 0 Å². The molecule has 0 spiro atoms. The van der Waals surface area contributed by atoms with Crippen LogP contribution in [0.4, 0.5) is 10.1 Å². The van der Waals surface area contributed by atoms with E-state index in [-0.39, 0.29) is 35.6 Å². The number of anilines is 1. The lowest BCUT2D eigenvalue weighted by molar-refractivity contribution is -0.127. The highest BCUT2D eigenvalue weighted by Gasteiger charge is 2.35. The summed E-state index contributed by atoms with van der Waals surface area (Å²) in [6.07, 6.45) is 4.90. The number of amides is 2. The summed E-state index contributed by atoms with van der Waals surface area (Å²) in [4.78, 5) is 30.4. The summed E-state index contributed by atoms with van der Waals surface area (Å²) in [6, 6.07) is 18.0. The van der Waals surface area contributed by atoms with Gasteiger partial charge in [-0.3, -0.25) is 14.5 Å². The Morgan fingerprint density at radius 3 is 2.54 bits per heavy atom. The first-order chi connectivity index (χ1) is 19.9. The van der Waals surface area contributed by atoms with E-state index in [0.29, 0.717) is 17.0 Å². The third-order valence-electron chi connectivity index (χ3n) is 7.11. The van der Waals surface area contributed by atoms with Crippen molar-refractivity contribution in [2.45, 2.75) is 50.7 Å². The van der Waals surface area contributed by atoms with Crippen LogP contribution in [0.2, 0.25) is 0 Å². The normalized spacial score (nSPS) is 14.3. The number of ether oxygens (including phenoxy) is 1. The maximum atomic E-state index is 14.3. The average Bonchev–Trinajstić information content (AvgIpc) is 3.44. The third-order valence-corrected chi connectivity index (χ3v) is 7.11. The van der Waals surface area contributed by atoms with E-state index in [1.165, 1.54) is 29.2 Å². The number of halogens is 1. The molecule has 1 heterocycles. The van der Waals surface area contributed by atoms with Crippen LogP contribution in [0.3, 0.4) is 0 Å². The number of carbonyl (C=O) groups is 2. The van der Waals surface area contributed by atoms with Crippen LogP contribution in [-0.4, -0.2) is 50.3 Å². The molecule has 1 fully saturated rings. The van der Waals surface area contributed by atoms with Gasteiger partial charge in [0.1, 0.15) is 29.9 Å². The van der Waals surface area contributed by atoms with E-state index in [2.05, 4.69) is 20.7 Å². The van der Waals surface area contributed by atoms with Crippen LogP contribution in [0.5, 0.6) is 11.5 Å². The minimum absolute atomic E-state index is 0.00145. The molecule has 1 aromatic heterocycles. The summed E-state index contributed by atoms with van der Waals surface area (Å²) in [7, 11) is 1.55. The zero-order valence-electron chi connectivity index (χ0n) is 22.6. The van der Waals surface area contributed by atoms with Gasteiger partial charge in [-0.25, -0.2) is 4.39 Å². The van der Waals surface area contributed by atoms with Crippen molar-refractivity contribution in [3.8, 4) is 22.9 Å². The zero-order valence-corrected chi connectivity index (χ0v) is 22.6. The Labute approximate surface area is 236 Å². The number of carbonyl (C=O) groups excluding carboxylic acids is 2. The molecule has 0 radical (unpaired) electrons. The zero-order chi connectivity index (χ0) is 28.8. The average molecular weight is 559 g/mol. The Morgan fingerprint density at radius 1 is 1.07 bits per heavy atom. The second-order valence-corrected chi connectivity index (χ2v) is 9.93. The lowest BCUT2D eigenvalue weighted by Crippen LogP contribution is -2.48. The van der Waals surface area contributed by atoms with E-state index in [9.17, 15) is 19.1 Å². The van der Waals surface area contributed by atoms with Crippen molar-refractivity contribution in [1.82, 2.24) is 25.5 Å². The van der Waals surface area contributed by atoms with Gasteiger partial charge in [0.05, 0.1) is 12.7 Å². The smallest absolute Gasteiger partial charge is 0.251 e. The molecule has 10 nitrogen and oxygen atoms in total. The van der Waals surface area contributed by atoms with Gasteiger partial charge in [0.2, 0.25) is 11.7 Å². The molecule has 0 bridgehead atoms. The number of tetrazole rings is 1.